The molecule has 5 heteroatoms. The second-order valence-corrected chi connectivity index (χ2v) is 6.11. The van der Waals surface area contributed by atoms with Gasteiger partial charge < -0.3 is 10.6 Å². The number of nitrogens with two attached hydrogens (primary N) is 1. The SMILES string of the molecule is Cc1cccc(C(=O)N2CCSc3ccc(N)cc32)c1F. The predicted octanol–water partition coefficient (Wildman–Crippen LogP) is 3.47. The molecule has 0 saturated carbocycles. The third kappa shape index (κ3) is 2.49. The van der Waals surface area contributed by atoms with Crippen LogP contribution in [0, 0.1) is 12.7 Å². The molecule has 1 amide bonds. The maximum atomic E-state index is 14.2. The number of hydrogen-bond donors (Lipinski definition) is 1. The van der Waals surface area contributed by atoms with E-state index in [-0.39, 0.29) is 11.5 Å². The minimum absolute atomic E-state index is 0.107. The van der Waals surface area contributed by atoms with Crippen LogP contribution in [0.2, 0.25) is 0 Å². The summed E-state index contributed by atoms with van der Waals surface area (Å²) < 4.78 is 14.2. The number of halogens is 1. The topological polar surface area (TPSA) is 46.3 Å². The van der Waals surface area contributed by atoms with Gasteiger partial charge in [0.2, 0.25) is 0 Å². The van der Waals surface area contributed by atoms with Crippen LogP contribution in [-0.2, 0) is 0 Å². The Morgan fingerprint density at radius 3 is 2.95 bits per heavy atom. The van der Waals surface area contributed by atoms with Gasteiger partial charge in [-0.2, -0.15) is 0 Å². The van der Waals surface area contributed by atoms with E-state index in [1.807, 2.05) is 12.1 Å². The minimum atomic E-state index is -0.453. The van der Waals surface area contributed by atoms with Gasteiger partial charge in [0.15, 0.2) is 0 Å². The summed E-state index contributed by atoms with van der Waals surface area (Å²) in [6.45, 7) is 2.21. The van der Waals surface area contributed by atoms with Gasteiger partial charge in [0.05, 0.1) is 11.3 Å². The standard InChI is InChI=1S/C16H15FN2OS/c1-10-3-2-4-12(15(10)17)16(20)19-7-8-21-14-6-5-11(18)9-13(14)19/h2-6,9H,7-8,18H2,1H3. The number of hydrogen-bond acceptors (Lipinski definition) is 3. The van der Waals surface area contributed by atoms with Gasteiger partial charge in [-0.1, -0.05) is 12.1 Å². The molecule has 0 spiro atoms. The lowest BCUT2D eigenvalue weighted by Gasteiger charge is -2.29. The summed E-state index contributed by atoms with van der Waals surface area (Å²) in [4.78, 5) is 15.3. The molecular formula is C16H15FN2OS. The molecular weight excluding hydrogens is 287 g/mol. The second-order valence-electron chi connectivity index (χ2n) is 4.97. The average Bonchev–Trinajstić information content (AvgIpc) is 2.48. The quantitative estimate of drug-likeness (QED) is 0.821. The normalized spacial score (nSPS) is 13.9. The molecule has 0 atom stereocenters. The van der Waals surface area contributed by atoms with Gasteiger partial charge >= 0.3 is 0 Å². The van der Waals surface area contributed by atoms with Crippen molar-refractivity contribution in [3.8, 4) is 0 Å². The van der Waals surface area contributed by atoms with Crippen molar-refractivity contribution in [2.24, 2.45) is 0 Å². The summed E-state index contributed by atoms with van der Waals surface area (Å²) in [7, 11) is 0. The smallest absolute Gasteiger partial charge is 0.261 e. The van der Waals surface area contributed by atoms with E-state index in [0.29, 0.717) is 17.8 Å². The van der Waals surface area contributed by atoms with Gasteiger partial charge in [0.25, 0.3) is 5.91 Å². The first-order valence-electron chi connectivity index (χ1n) is 6.67. The third-order valence-corrected chi connectivity index (χ3v) is 4.56. The number of amides is 1. The van der Waals surface area contributed by atoms with E-state index in [1.54, 1.807) is 41.8 Å². The van der Waals surface area contributed by atoms with Crippen LogP contribution in [0.5, 0.6) is 0 Å². The monoisotopic (exact) mass is 302 g/mol. The number of rotatable bonds is 1. The van der Waals surface area contributed by atoms with Crippen molar-refractivity contribution in [2.75, 3.05) is 22.9 Å². The van der Waals surface area contributed by atoms with Crippen LogP contribution in [0.3, 0.4) is 0 Å². The van der Waals surface area contributed by atoms with Crippen molar-refractivity contribution in [1.29, 1.82) is 0 Å². The number of carbonyl (C=O) groups is 1. The van der Waals surface area contributed by atoms with Crippen molar-refractivity contribution in [1.82, 2.24) is 0 Å². The summed E-state index contributed by atoms with van der Waals surface area (Å²) >= 11 is 1.68. The van der Waals surface area contributed by atoms with Crippen LogP contribution in [-0.4, -0.2) is 18.2 Å². The lowest BCUT2D eigenvalue weighted by Crippen LogP contribution is -2.36. The number of benzene rings is 2. The number of aryl methyl sites for hydroxylation is 1. The molecule has 1 aliphatic rings. The molecule has 2 aromatic rings. The zero-order valence-electron chi connectivity index (χ0n) is 11.6. The van der Waals surface area contributed by atoms with Crippen molar-refractivity contribution in [2.45, 2.75) is 11.8 Å². The van der Waals surface area contributed by atoms with Crippen molar-refractivity contribution in [3.05, 3.63) is 53.3 Å². The third-order valence-electron chi connectivity index (χ3n) is 3.51. The van der Waals surface area contributed by atoms with Crippen LogP contribution in [0.1, 0.15) is 15.9 Å². The summed E-state index contributed by atoms with van der Waals surface area (Å²) in [6.07, 6.45) is 0. The molecule has 3 nitrogen and oxygen atoms in total. The summed E-state index contributed by atoms with van der Waals surface area (Å²) in [5.41, 5.74) is 7.75. The molecule has 0 aromatic heterocycles. The number of nitrogens with zero attached hydrogens (tertiary/aromatic N) is 1. The van der Waals surface area contributed by atoms with Crippen molar-refractivity contribution in [3.63, 3.8) is 0 Å². The van der Waals surface area contributed by atoms with E-state index in [0.717, 1.165) is 16.3 Å². The zero-order valence-corrected chi connectivity index (χ0v) is 12.4. The summed E-state index contributed by atoms with van der Waals surface area (Å²) in [5.74, 6) is 0.0188. The van der Waals surface area contributed by atoms with Gasteiger partial charge in [-0.3, -0.25) is 4.79 Å². The molecule has 0 fully saturated rings. The highest BCUT2D eigenvalue weighted by atomic mass is 32.2. The van der Waals surface area contributed by atoms with Gasteiger partial charge in [-0.15, -0.1) is 11.8 Å². The molecule has 21 heavy (non-hydrogen) atoms. The molecule has 3 rings (SSSR count). The molecule has 0 saturated heterocycles. The molecule has 0 unspecified atom stereocenters. The van der Waals surface area contributed by atoms with E-state index >= 15 is 0 Å². The van der Waals surface area contributed by atoms with Crippen molar-refractivity contribution < 1.29 is 9.18 Å². The van der Waals surface area contributed by atoms with Gasteiger partial charge in [-0.25, -0.2) is 4.39 Å². The molecule has 2 N–H and O–H groups in total. The average molecular weight is 302 g/mol. The summed E-state index contributed by atoms with van der Waals surface area (Å²) in [5, 5.41) is 0. The van der Waals surface area contributed by atoms with E-state index < -0.39 is 5.82 Å². The second kappa shape index (κ2) is 5.41. The first-order chi connectivity index (χ1) is 10.1. The molecule has 0 aliphatic carbocycles. The Labute approximate surface area is 126 Å². The maximum Gasteiger partial charge on any atom is 0.261 e. The van der Waals surface area contributed by atoms with Crippen LogP contribution < -0.4 is 10.6 Å². The predicted molar refractivity (Wildman–Crippen MR) is 84.4 cm³/mol. The Kier molecular flexibility index (Phi) is 3.59. The molecule has 0 radical (unpaired) electrons. The fourth-order valence-electron chi connectivity index (χ4n) is 2.40. The number of carbonyl (C=O) groups excluding carboxylic acids is 1. The number of thioether (sulfide) groups is 1. The van der Waals surface area contributed by atoms with Crippen LogP contribution in [0.15, 0.2) is 41.3 Å². The number of fused-ring (bicyclic) bond motifs is 1. The van der Waals surface area contributed by atoms with Gasteiger partial charge in [0.1, 0.15) is 5.82 Å². The number of nitrogen functional groups attached to an aromatic ring is 1. The minimum Gasteiger partial charge on any atom is -0.399 e. The lowest BCUT2D eigenvalue weighted by molar-refractivity contribution is 0.0983. The Morgan fingerprint density at radius 1 is 1.33 bits per heavy atom. The van der Waals surface area contributed by atoms with E-state index in [2.05, 4.69) is 0 Å². The highest BCUT2D eigenvalue weighted by Crippen LogP contribution is 2.37. The number of anilines is 2. The maximum absolute atomic E-state index is 14.2. The van der Waals surface area contributed by atoms with E-state index in [1.165, 1.54) is 6.07 Å². The van der Waals surface area contributed by atoms with Crippen LogP contribution >= 0.6 is 11.8 Å². The summed E-state index contributed by atoms with van der Waals surface area (Å²) in [6, 6.07) is 10.4. The lowest BCUT2D eigenvalue weighted by atomic mass is 10.1. The van der Waals surface area contributed by atoms with Crippen LogP contribution in [0.25, 0.3) is 0 Å². The van der Waals surface area contributed by atoms with Crippen molar-refractivity contribution >= 4 is 29.0 Å². The first kappa shape index (κ1) is 13.9. The molecule has 0 bridgehead atoms. The Morgan fingerprint density at radius 2 is 2.14 bits per heavy atom. The molecule has 2 aromatic carbocycles. The van der Waals surface area contributed by atoms with Crippen LogP contribution in [0.4, 0.5) is 15.8 Å². The highest BCUT2D eigenvalue weighted by Gasteiger charge is 2.26. The highest BCUT2D eigenvalue weighted by molar-refractivity contribution is 7.99. The van der Waals surface area contributed by atoms with Gasteiger partial charge in [-0.05, 0) is 36.8 Å². The van der Waals surface area contributed by atoms with E-state index in [9.17, 15) is 9.18 Å². The fraction of sp³-hybridized carbons (Fsp3) is 0.188. The molecule has 1 heterocycles. The Balaban J connectivity index is 2.04. The van der Waals surface area contributed by atoms with E-state index in [4.69, 9.17) is 5.73 Å². The zero-order chi connectivity index (χ0) is 15.0. The molecule has 108 valence electrons. The first-order valence-corrected chi connectivity index (χ1v) is 7.66. The Bertz CT molecular complexity index is 717. The Hall–Kier alpha value is -2.01. The van der Waals surface area contributed by atoms with Gasteiger partial charge in [0, 0.05) is 22.9 Å². The largest absolute Gasteiger partial charge is 0.399 e. The molecule has 1 aliphatic heterocycles. The fourth-order valence-corrected chi connectivity index (χ4v) is 3.38.